The van der Waals surface area contributed by atoms with Gasteiger partial charge >= 0.3 is 5.97 Å². The molecule has 0 saturated heterocycles. The summed E-state index contributed by atoms with van der Waals surface area (Å²) in [4.78, 5) is 11.1. The Bertz CT molecular complexity index is 207. The molecule has 120 valence electrons. The van der Waals surface area contributed by atoms with Crippen LogP contribution in [0.2, 0.25) is 0 Å². The second-order valence-corrected chi connectivity index (χ2v) is 6.57. The van der Waals surface area contributed by atoms with Gasteiger partial charge in [0.25, 0.3) is 0 Å². The first-order valence-electron chi connectivity index (χ1n) is 8.52. The average Bonchev–Trinajstić information content (AvgIpc) is 2.44. The molecule has 0 rings (SSSR count). The minimum absolute atomic E-state index is 0.0323. The molecular weight excluding hydrogens is 363 g/mol. The topological polar surface area (TPSA) is 26.3 Å². The van der Waals surface area contributed by atoms with E-state index in [2.05, 4.69) is 22.6 Å². The summed E-state index contributed by atoms with van der Waals surface area (Å²) >= 11 is 2.46. The van der Waals surface area contributed by atoms with Crippen LogP contribution in [0.3, 0.4) is 0 Å². The highest BCUT2D eigenvalue weighted by Gasteiger charge is 2.00. The van der Waals surface area contributed by atoms with Crippen LogP contribution in [-0.4, -0.2) is 17.0 Å². The summed E-state index contributed by atoms with van der Waals surface area (Å²) in [5.74, 6) is -0.0323. The summed E-state index contributed by atoms with van der Waals surface area (Å²) in [7, 11) is 0. The molecule has 0 saturated carbocycles. The Hall–Kier alpha value is 0.200. The number of carbonyl (C=O) groups is 1. The summed E-state index contributed by atoms with van der Waals surface area (Å²) in [5.41, 5.74) is 0. The Labute approximate surface area is 139 Å². The van der Waals surface area contributed by atoms with Crippen molar-refractivity contribution in [1.29, 1.82) is 0 Å². The van der Waals surface area contributed by atoms with E-state index in [0.717, 1.165) is 6.42 Å². The van der Waals surface area contributed by atoms with Crippen LogP contribution >= 0.6 is 22.6 Å². The molecule has 0 aliphatic rings. The zero-order chi connectivity index (χ0) is 14.9. The summed E-state index contributed by atoms with van der Waals surface area (Å²) in [6.45, 7) is 2.37. The molecule has 0 aromatic heterocycles. The van der Waals surface area contributed by atoms with Crippen LogP contribution in [0, 0.1) is 0 Å². The number of esters is 1. The molecule has 0 aromatic rings. The van der Waals surface area contributed by atoms with E-state index in [9.17, 15) is 4.79 Å². The maximum Gasteiger partial charge on any atom is 0.305 e. The number of hydrogen-bond donors (Lipinski definition) is 0. The lowest BCUT2D eigenvalue weighted by molar-refractivity contribution is -0.143. The summed E-state index contributed by atoms with van der Waals surface area (Å²) in [6.07, 6.45) is 16.6. The van der Waals surface area contributed by atoms with E-state index in [1.807, 2.05) is 6.92 Å². The van der Waals surface area contributed by atoms with Crippen LogP contribution in [0.5, 0.6) is 0 Å². The van der Waals surface area contributed by atoms with Gasteiger partial charge < -0.3 is 4.74 Å². The number of carbonyl (C=O) groups excluding carboxylic acids is 1. The van der Waals surface area contributed by atoms with E-state index >= 15 is 0 Å². The summed E-state index contributed by atoms with van der Waals surface area (Å²) < 4.78 is 6.22. The number of alkyl halides is 1. The van der Waals surface area contributed by atoms with Gasteiger partial charge in [-0.15, -0.1) is 0 Å². The molecule has 2 nitrogen and oxygen atoms in total. The quantitative estimate of drug-likeness (QED) is 0.146. The Balaban J connectivity index is 3.01. The molecule has 3 heteroatoms. The van der Waals surface area contributed by atoms with Crippen LogP contribution in [0.15, 0.2) is 0 Å². The molecule has 0 radical (unpaired) electrons. The van der Waals surface area contributed by atoms with Crippen molar-refractivity contribution in [2.24, 2.45) is 0 Å². The number of unbranched alkanes of at least 4 members (excludes halogenated alkanes) is 11. The fraction of sp³-hybridized carbons (Fsp3) is 0.941. The van der Waals surface area contributed by atoms with Gasteiger partial charge in [-0.2, -0.15) is 0 Å². The highest BCUT2D eigenvalue weighted by Crippen LogP contribution is 2.12. The van der Waals surface area contributed by atoms with Gasteiger partial charge in [-0.3, -0.25) is 4.79 Å². The molecule has 0 amide bonds. The van der Waals surface area contributed by atoms with Crippen molar-refractivity contribution in [3.05, 3.63) is 0 Å². The Morgan fingerprint density at radius 2 is 1.15 bits per heavy atom. The van der Waals surface area contributed by atoms with Gasteiger partial charge in [0.15, 0.2) is 0 Å². The third-order valence-corrected chi connectivity index (χ3v) is 4.33. The van der Waals surface area contributed by atoms with E-state index in [4.69, 9.17) is 4.74 Å². The van der Waals surface area contributed by atoms with E-state index in [-0.39, 0.29) is 5.97 Å². The van der Waals surface area contributed by atoms with Crippen LogP contribution in [0.4, 0.5) is 0 Å². The third-order valence-electron chi connectivity index (χ3n) is 3.57. The first kappa shape index (κ1) is 20.2. The van der Waals surface area contributed by atoms with Crippen molar-refractivity contribution < 1.29 is 9.53 Å². The lowest BCUT2D eigenvalue weighted by atomic mass is 10.0. The molecule has 0 unspecified atom stereocenters. The van der Waals surface area contributed by atoms with Gasteiger partial charge in [-0.05, 0) is 24.2 Å². The van der Waals surface area contributed by atoms with Crippen molar-refractivity contribution >= 4 is 28.6 Å². The van der Waals surface area contributed by atoms with Crippen molar-refractivity contribution in [1.82, 2.24) is 0 Å². The summed E-state index contributed by atoms with van der Waals surface area (Å²) in [6, 6.07) is 0. The number of ether oxygens (including phenoxy) is 1. The molecular formula is C17H33IO2. The molecule has 0 heterocycles. The predicted molar refractivity (Wildman–Crippen MR) is 95.5 cm³/mol. The number of hydrogen-bond acceptors (Lipinski definition) is 2. The second-order valence-electron chi connectivity index (χ2n) is 5.49. The second kappa shape index (κ2) is 17.3. The van der Waals surface area contributed by atoms with Crippen LogP contribution < -0.4 is 0 Å². The molecule has 20 heavy (non-hydrogen) atoms. The molecule has 0 aliphatic heterocycles. The molecule has 0 aromatic carbocycles. The molecule has 0 atom stereocenters. The van der Waals surface area contributed by atoms with E-state index in [1.54, 1.807) is 0 Å². The van der Waals surface area contributed by atoms with E-state index in [0.29, 0.717) is 13.0 Å². The zero-order valence-corrected chi connectivity index (χ0v) is 15.5. The van der Waals surface area contributed by atoms with Gasteiger partial charge in [0.05, 0.1) is 6.61 Å². The summed E-state index contributed by atoms with van der Waals surface area (Å²) in [5, 5.41) is 0. The molecule has 0 aliphatic carbocycles. The van der Waals surface area contributed by atoms with Gasteiger partial charge in [0.2, 0.25) is 0 Å². The first-order valence-corrected chi connectivity index (χ1v) is 10.1. The molecule has 0 bridgehead atoms. The molecule has 0 spiro atoms. The first-order chi connectivity index (χ1) is 9.81. The largest absolute Gasteiger partial charge is 0.466 e. The molecule has 0 N–H and O–H groups in total. The highest BCUT2D eigenvalue weighted by molar-refractivity contribution is 14.1. The lowest BCUT2D eigenvalue weighted by Gasteiger charge is -2.03. The van der Waals surface area contributed by atoms with Gasteiger partial charge in [0.1, 0.15) is 0 Å². The van der Waals surface area contributed by atoms with Crippen LogP contribution in [0.1, 0.15) is 90.4 Å². The van der Waals surface area contributed by atoms with Crippen molar-refractivity contribution in [2.45, 2.75) is 90.4 Å². The van der Waals surface area contributed by atoms with Gasteiger partial charge in [-0.1, -0.05) is 86.8 Å². The van der Waals surface area contributed by atoms with Crippen LogP contribution in [0.25, 0.3) is 0 Å². The molecule has 0 fully saturated rings. The van der Waals surface area contributed by atoms with Crippen molar-refractivity contribution in [2.75, 3.05) is 11.0 Å². The minimum Gasteiger partial charge on any atom is -0.466 e. The van der Waals surface area contributed by atoms with E-state index < -0.39 is 0 Å². The Kier molecular flexibility index (Phi) is 17.4. The number of rotatable bonds is 15. The maximum absolute atomic E-state index is 11.1. The lowest BCUT2D eigenvalue weighted by Crippen LogP contribution is -2.03. The Morgan fingerprint density at radius 1 is 0.750 bits per heavy atom. The normalized spacial score (nSPS) is 10.7. The van der Waals surface area contributed by atoms with E-state index in [1.165, 1.54) is 75.1 Å². The zero-order valence-electron chi connectivity index (χ0n) is 13.3. The third kappa shape index (κ3) is 16.3. The van der Waals surface area contributed by atoms with Crippen molar-refractivity contribution in [3.8, 4) is 0 Å². The SMILES string of the molecule is CCOC(=O)CCCCCCCCCCCCCCI. The van der Waals surface area contributed by atoms with Gasteiger partial charge in [-0.25, -0.2) is 0 Å². The minimum atomic E-state index is -0.0323. The van der Waals surface area contributed by atoms with Crippen LogP contribution in [-0.2, 0) is 9.53 Å². The van der Waals surface area contributed by atoms with Gasteiger partial charge in [0, 0.05) is 6.42 Å². The monoisotopic (exact) mass is 396 g/mol. The highest BCUT2D eigenvalue weighted by atomic mass is 127. The number of halogens is 1. The fourth-order valence-electron chi connectivity index (χ4n) is 2.36. The maximum atomic E-state index is 11.1. The average molecular weight is 396 g/mol. The standard InChI is InChI=1S/C17H33IO2/c1-2-20-17(19)15-13-11-9-7-5-3-4-6-8-10-12-14-16-18/h2-16H2,1H3. The Morgan fingerprint density at radius 3 is 1.55 bits per heavy atom. The predicted octanol–water partition coefficient (Wildman–Crippen LogP) is 6.06. The fourth-order valence-corrected chi connectivity index (χ4v) is 2.90. The van der Waals surface area contributed by atoms with Crippen molar-refractivity contribution in [3.63, 3.8) is 0 Å². The smallest absolute Gasteiger partial charge is 0.305 e.